The van der Waals surface area contributed by atoms with E-state index in [1.54, 1.807) is 0 Å². The van der Waals surface area contributed by atoms with Crippen molar-refractivity contribution in [3.63, 3.8) is 0 Å². The van der Waals surface area contributed by atoms with E-state index in [1.807, 2.05) is 20.8 Å². The highest BCUT2D eigenvalue weighted by Crippen LogP contribution is 2.18. The summed E-state index contributed by atoms with van der Waals surface area (Å²) in [6.45, 7) is 13.5. The van der Waals surface area contributed by atoms with Gasteiger partial charge in [-0.25, -0.2) is 0 Å². The lowest BCUT2D eigenvalue weighted by Gasteiger charge is -2.28. The topological polar surface area (TPSA) is 42.7 Å². The van der Waals surface area contributed by atoms with Gasteiger partial charge in [0.1, 0.15) is 13.1 Å². The van der Waals surface area contributed by atoms with Crippen molar-refractivity contribution in [2.75, 3.05) is 39.5 Å². The van der Waals surface area contributed by atoms with Gasteiger partial charge in [0.2, 0.25) is 5.84 Å². The predicted molar refractivity (Wildman–Crippen MR) is 92.6 cm³/mol. The van der Waals surface area contributed by atoms with E-state index in [2.05, 4.69) is 16.8 Å². The van der Waals surface area contributed by atoms with E-state index in [-0.39, 0.29) is 12.4 Å². The minimum Gasteiger partial charge on any atom is -1.00 e. The molecule has 0 unspecified atom stereocenters. The minimum atomic E-state index is -2.47. The third kappa shape index (κ3) is 7.98. The second-order valence-corrected chi connectivity index (χ2v) is 8.28. The lowest BCUT2D eigenvalue weighted by Crippen LogP contribution is -3.00. The van der Waals surface area contributed by atoms with Gasteiger partial charge >= 0.3 is 8.80 Å². The van der Waals surface area contributed by atoms with E-state index >= 15 is 0 Å². The molecule has 1 aliphatic rings. The molecular weight excluding hydrogens is 332 g/mol. The Morgan fingerprint density at radius 3 is 2.13 bits per heavy atom. The first-order valence-electron chi connectivity index (χ1n) is 8.97. The highest BCUT2D eigenvalue weighted by Gasteiger charge is 2.40. The van der Waals surface area contributed by atoms with Crippen LogP contribution in [0.5, 0.6) is 0 Å². The number of nitrogens with zero attached hydrogens (tertiary/aromatic N) is 1. The molecule has 1 heterocycles. The Hall–Kier alpha value is -0.143. The Morgan fingerprint density at radius 2 is 1.61 bits per heavy atom. The fourth-order valence-corrected chi connectivity index (χ4v) is 5.50. The summed E-state index contributed by atoms with van der Waals surface area (Å²) in [5, 5.41) is 3.52. The number of nitrogens with one attached hydrogen (secondary N) is 1. The zero-order valence-electron chi connectivity index (χ0n) is 15.3. The molecule has 0 fully saturated rings. The summed E-state index contributed by atoms with van der Waals surface area (Å²) in [6.07, 6.45) is 4.73. The number of unbranched alkanes of at least 4 members (excludes halogenated alkanes) is 1. The van der Waals surface area contributed by atoms with E-state index in [1.165, 1.54) is 25.1 Å². The third-order valence-electron chi connectivity index (χ3n) is 3.86. The van der Waals surface area contributed by atoms with Crippen molar-refractivity contribution < 1.29 is 30.3 Å². The van der Waals surface area contributed by atoms with Crippen molar-refractivity contribution >= 4 is 14.6 Å². The van der Waals surface area contributed by atoms with Crippen molar-refractivity contribution in [1.82, 2.24) is 5.32 Å². The first-order valence-corrected chi connectivity index (χ1v) is 10.9. The van der Waals surface area contributed by atoms with E-state index in [0.717, 1.165) is 32.1 Å². The summed E-state index contributed by atoms with van der Waals surface area (Å²) in [6, 6.07) is 0.903. The number of hydrogen-bond acceptors (Lipinski definition) is 4. The molecule has 7 heteroatoms. The van der Waals surface area contributed by atoms with Gasteiger partial charge in [-0.1, -0.05) is 13.3 Å². The van der Waals surface area contributed by atoms with E-state index < -0.39 is 8.80 Å². The largest absolute Gasteiger partial charge is 1.00 e. The van der Waals surface area contributed by atoms with Crippen molar-refractivity contribution in [1.29, 1.82) is 0 Å². The Balaban J connectivity index is 0.00000484. The first-order chi connectivity index (χ1) is 10.7. The standard InChI is InChI=1S/C16H34N2O3Si.ClH/c1-5-9-11-16-17-12-14-18(16)13-10-15-22(19-6-2,20-7-3)21-8-4;/h5-15H2,1-4H3;1H. The molecule has 23 heavy (non-hydrogen) atoms. The van der Waals surface area contributed by atoms with Crippen LogP contribution in [0.3, 0.4) is 0 Å². The van der Waals surface area contributed by atoms with Crippen LogP contribution < -0.4 is 17.7 Å². The quantitative estimate of drug-likeness (QED) is 0.357. The van der Waals surface area contributed by atoms with Gasteiger partial charge in [0.25, 0.3) is 0 Å². The average molecular weight is 367 g/mol. The highest BCUT2D eigenvalue weighted by molar-refractivity contribution is 6.60. The maximum absolute atomic E-state index is 5.92. The molecule has 0 atom stereocenters. The fraction of sp³-hybridized carbons (Fsp3) is 0.938. The molecule has 1 aliphatic heterocycles. The number of halogens is 1. The van der Waals surface area contributed by atoms with Gasteiger partial charge in [0.05, 0.1) is 6.54 Å². The average Bonchev–Trinajstić information content (AvgIpc) is 2.93. The molecule has 0 amide bonds. The summed E-state index contributed by atoms with van der Waals surface area (Å²) < 4.78 is 20.2. The molecule has 5 nitrogen and oxygen atoms in total. The summed E-state index contributed by atoms with van der Waals surface area (Å²) >= 11 is 0. The molecule has 0 radical (unpaired) electrons. The van der Waals surface area contributed by atoms with Gasteiger partial charge in [0.15, 0.2) is 0 Å². The van der Waals surface area contributed by atoms with Crippen LogP contribution in [0, 0.1) is 0 Å². The normalized spacial score (nSPS) is 14.8. The second kappa shape index (κ2) is 13.2. The lowest BCUT2D eigenvalue weighted by atomic mass is 10.2. The van der Waals surface area contributed by atoms with Crippen LogP contribution in [-0.4, -0.2) is 58.7 Å². The lowest BCUT2D eigenvalue weighted by molar-refractivity contribution is -0.519. The minimum absolute atomic E-state index is 0. The second-order valence-electron chi connectivity index (χ2n) is 5.55. The van der Waals surface area contributed by atoms with E-state index in [9.17, 15) is 0 Å². The Labute approximate surface area is 149 Å². The molecule has 0 bridgehead atoms. The van der Waals surface area contributed by atoms with Gasteiger partial charge in [-0.05, 0) is 33.6 Å². The van der Waals surface area contributed by atoms with Crippen LogP contribution in [0.15, 0.2) is 0 Å². The van der Waals surface area contributed by atoms with Crippen LogP contribution in [0.1, 0.15) is 53.4 Å². The zero-order valence-corrected chi connectivity index (χ0v) is 17.1. The smallest absolute Gasteiger partial charge is 0.501 e. The van der Waals surface area contributed by atoms with Crippen LogP contribution in [0.2, 0.25) is 6.04 Å². The van der Waals surface area contributed by atoms with Crippen molar-refractivity contribution in [2.45, 2.75) is 59.4 Å². The highest BCUT2D eigenvalue weighted by atomic mass is 35.5. The van der Waals surface area contributed by atoms with Gasteiger partial charge < -0.3 is 25.7 Å². The molecule has 0 aliphatic carbocycles. The zero-order chi connectivity index (χ0) is 16.3. The summed E-state index contributed by atoms with van der Waals surface area (Å²) in [4.78, 5) is 0. The summed E-state index contributed by atoms with van der Waals surface area (Å²) in [5.41, 5.74) is 0. The molecule has 1 rings (SSSR count). The Kier molecular flexibility index (Phi) is 13.1. The van der Waals surface area contributed by atoms with Gasteiger partial charge in [-0.2, -0.15) is 0 Å². The molecule has 0 spiro atoms. The Morgan fingerprint density at radius 1 is 1.00 bits per heavy atom. The van der Waals surface area contributed by atoms with Gasteiger partial charge in [-0.3, -0.25) is 9.89 Å². The monoisotopic (exact) mass is 366 g/mol. The Bertz CT molecular complexity index is 326. The van der Waals surface area contributed by atoms with Crippen LogP contribution in [-0.2, 0) is 13.3 Å². The summed E-state index contributed by atoms with van der Waals surface area (Å²) in [7, 11) is -2.47. The number of amidine groups is 1. The van der Waals surface area contributed by atoms with Crippen molar-refractivity contribution in [3.8, 4) is 0 Å². The molecule has 0 aromatic carbocycles. The maximum Gasteiger partial charge on any atom is 0.501 e. The summed E-state index contributed by atoms with van der Waals surface area (Å²) in [5.74, 6) is 1.42. The van der Waals surface area contributed by atoms with Crippen molar-refractivity contribution in [3.05, 3.63) is 0 Å². The van der Waals surface area contributed by atoms with Gasteiger partial charge in [0, 0.05) is 32.3 Å². The molecule has 1 N–H and O–H groups in total. The fourth-order valence-electron chi connectivity index (χ4n) is 2.91. The van der Waals surface area contributed by atoms with Crippen LogP contribution >= 0.6 is 0 Å². The number of hydrogen-bond donors (Lipinski definition) is 1. The van der Waals surface area contributed by atoms with Crippen LogP contribution in [0.4, 0.5) is 0 Å². The van der Waals surface area contributed by atoms with E-state index in [4.69, 9.17) is 13.3 Å². The molecule has 0 saturated heterocycles. The third-order valence-corrected chi connectivity index (χ3v) is 7.01. The van der Waals surface area contributed by atoms with Crippen molar-refractivity contribution in [2.24, 2.45) is 0 Å². The van der Waals surface area contributed by atoms with Gasteiger partial charge in [-0.15, -0.1) is 0 Å². The molecule has 0 aromatic rings. The van der Waals surface area contributed by atoms with E-state index in [0.29, 0.717) is 19.8 Å². The molecular formula is C16H35ClN2O3Si. The SMILES string of the molecule is CCCCC1=[N+](CCC[Si](OCC)(OCC)OCC)CCN1.[Cl-]. The molecule has 138 valence electrons. The first kappa shape index (κ1) is 22.9. The maximum atomic E-state index is 5.92. The van der Waals surface area contributed by atoms with Crippen LogP contribution in [0.25, 0.3) is 0 Å². The predicted octanol–water partition coefficient (Wildman–Crippen LogP) is -0.367. The molecule has 0 aromatic heterocycles. The molecule has 0 saturated carbocycles. The number of rotatable bonds is 13.